The molecule has 1 heteroatoms. The third-order valence-corrected chi connectivity index (χ3v) is 5.78. The first-order chi connectivity index (χ1) is 12.9. The zero-order chi connectivity index (χ0) is 17.1. The highest BCUT2D eigenvalue weighted by molar-refractivity contribution is 6.24. The van der Waals surface area contributed by atoms with Crippen LogP contribution in [-0.2, 0) is 6.54 Å². The number of aryl methyl sites for hydroxylation is 1. The molecule has 0 N–H and O–H groups in total. The van der Waals surface area contributed by atoms with Crippen LogP contribution in [-0.4, -0.2) is 0 Å². The number of hydrogen-bond acceptors (Lipinski definition) is 0. The molecule has 0 aliphatic carbocycles. The van der Waals surface area contributed by atoms with Gasteiger partial charge in [0.2, 0.25) is 5.69 Å². The predicted octanol–water partition coefficient (Wildman–Crippen LogP) is 5.82. The van der Waals surface area contributed by atoms with Crippen molar-refractivity contribution < 1.29 is 4.57 Å². The van der Waals surface area contributed by atoms with E-state index in [4.69, 9.17) is 0 Å². The second kappa shape index (κ2) is 5.15. The largest absolute Gasteiger partial charge is 0.208 e. The number of allylic oxidation sites excluding steroid dienone is 1. The van der Waals surface area contributed by atoms with Crippen molar-refractivity contribution in [2.75, 3.05) is 0 Å². The number of fused-ring (bicyclic) bond motifs is 1. The summed E-state index contributed by atoms with van der Waals surface area (Å²) in [5.74, 6) is 0. The van der Waals surface area contributed by atoms with Crippen molar-refractivity contribution in [3.05, 3.63) is 90.3 Å². The Morgan fingerprint density at radius 3 is 2.35 bits per heavy atom. The molecule has 0 spiro atoms. The lowest BCUT2D eigenvalue weighted by Crippen LogP contribution is -2.31. The molecule has 26 heavy (non-hydrogen) atoms. The molecule has 0 radical (unpaired) electrons. The Morgan fingerprint density at radius 2 is 1.46 bits per heavy atom. The molecule has 0 fully saturated rings. The second-order valence-electron chi connectivity index (χ2n) is 7.21. The predicted molar refractivity (Wildman–Crippen MR) is 109 cm³/mol. The van der Waals surface area contributed by atoms with Gasteiger partial charge in [-0.1, -0.05) is 54.6 Å². The topological polar surface area (TPSA) is 3.88 Å². The Balaban J connectivity index is 1.67. The summed E-state index contributed by atoms with van der Waals surface area (Å²) in [6, 6.07) is 26.7. The molecule has 4 aromatic carbocycles. The molecule has 1 aliphatic rings. The zero-order valence-electron chi connectivity index (χ0n) is 14.4. The third kappa shape index (κ3) is 1.89. The van der Waals surface area contributed by atoms with Crippen molar-refractivity contribution in [3.63, 3.8) is 0 Å². The van der Waals surface area contributed by atoms with Crippen LogP contribution in [0.15, 0.2) is 79.0 Å². The molecule has 122 valence electrons. The van der Waals surface area contributed by atoms with E-state index in [0.717, 1.165) is 13.0 Å². The molecule has 0 saturated carbocycles. The molecule has 0 unspecified atom stereocenters. The molecule has 1 aromatic heterocycles. The minimum Gasteiger partial charge on any atom is -0.198 e. The summed E-state index contributed by atoms with van der Waals surface area (Å²) in [6.45, 7) is 1.08. The van der Waals surface area contributed by atoms with Gasteiger partial charge in [-0.2, -0.15) is 4.57 Å². The molecule has 0 amide bonds. The summed E-state index contributed by atoms with van der Waals surface area (Å²) < 4.78 is 2.35. The normalized spacial score (nSPS) is 15.5. The minimum absolute atomic E-state index is 1.08. The molecule has 2 heterocycles. The Morgan fingerprint density at radius 1 is 0.692 bits per heavy atom. The summed E-state index contributed by atoms with van der Waals surface area (Å²) in [5.41, 5.74) is 4.10. The Bertz CT molecular complexity index is 1310. The lowest BCUT2D eigenvalue weighted by molar-refractivity contribution is -0.689. The summed E-state index contributed by atoms with van der Waals surface area (Å²) in [6.07, 6.45) is 5.68. The van der Waals surface area contributed by atoms with Crippen molar-refractivity contribution >= 4 is 44.0 Å². The Kier molecular flexibility index (Phi) is 2.78. The van der Waals surface area contributed by atoms with Gasteiger partial charge < -0.3 is 0 Å². The molecular formula is C25H18N+. The number of rotatable bonds is 1. The van der Waals surface area contributed by atoms with E-state index in [-0.39, 0.29) is 0 Å². The fraction of sp³-hybridized carbons (Fsp3) is 0.0800. The van der Waals surface area contributed by atoms with Gasteiger partial charge in [-0.15, -0.1) is 0 Å². The van der Waals surface area contributed by atoms with Crippen LogP contribution in [0.5, 0.6) is 0 Å². The number of pyridine rings is 1. The monoisotopic (exact) mass is 332 g/mol. The average molecular weight is 332 g/mol. The van der Waals surface area contributed by atoms with E-state index in [2.05, 4.69) is 89.6 Å². The minimum atomic E-state index is 1.08. The van der Waals surface area contributed by atoms with Crippen molar-refractivity contribution in [1.82, 2.24) is 0 Å². The van der Waals surface area contributed by atoms with Crippen molar-refractivity contribution in [3.8, 4) is 0 Å². The van der Waals surface area contributed by atoms with Gasteiger partial charge in [-0.3, -0.25) is 0 Å². The summed E-state index contributed by atoms with van der Waals surface area (Å²) in [4.78, 5) is 0. The zero-order valence-corrected chi connectivity index (χ0v) is 14.4. The molecule has 5 aromatic rings. The van der Waals surface area contributed by atoms with Crippen molar-refractivity contribution in [2.45, 2.75) is 13.0 Å². The molecule has 6 rings (SSSR count). The van der Waals surface area contributed by atoms with Gasteiger partial charge >= 0.3 is 0 Å². The number of hydrogen-bond donors (Lipinski definition) is 0. The van der Waals surface area contributed by atoms with Crippen molar-refractivity contribution in [1.29, 1.82) is 0 Å². The fourth-order valence-electron chi connectivity index (χ4n) is 4.55. The summed E-state index contributed by atoms with van der Waals surface area (Å²) in [5, 5.41) is 8.12. The highest BCUT2D eigenvalue weighted by Gasteiger charge is 2.23. The van der Waals surface area contributed by atoms with Crippen LogP contribution in [0.2, 0.25) is 0 Å². The van der Waals surface area contributed by atoms with Gasteiger partial charge in [-0.25, -0.2) is 0 Å². The number of benzene rings is 4. The van der Waals surface area contributed by atoms with E-state index in [1.807, 2.05) is 0 Å². The maximum Gasteiger partial charge on any atom is 0.208 e. The average Bonchev–Trinajstić information content (AvgIpc) is 3.10. The maximum absolute atomic E-state index is 2.39. The van der Waals surface area contributed by atoms with E-state index >= 15 is 0 Å². The third-order valence-electron chi connectivity index (χ3n) is 5.78. The standard InChI is InChI=1S/C25H18N/c1-2-14-26-15-13-21(23(26)6-1)16-20-10-9-19-8-7-17-4-3-5-18-11-12-22(20)25(19)24(17)18/h1-12,14,16H,13,15H2/q+1/b21-16+. The van der Waals surface area contributed by atoms with Crippen LogP contribution in [0, 0.1) is 0 Å². The van der Waals surface area contributed by atoms with Crippen LogP contribution in [0.1, 0.15) is 17.7 Å². The van der Waals surface area contributed by atoms with Crippen LogP contribution < -0.4 is 4.57 Å². The number of nitrogens with zero attached hydrogens (tertiary/aromatic N) is 1. The van der Waals surface area contributed by atoms with Gasteiger partial charge in [0, 0.05) is 24.1 Å². The molecule has 0 atom stereocenters. The smallest absolute Gasteiger partial charge is 0.198 e. The first-order valence-electron chi connectivity index (χ1n) is 9.24. The molecule has 1 nitrogen and oxygen atoms in total. The summed E-state index contributed by atoms with van der Waals surface area (Å²) in [7, 11) is 0. The Labute approximate surface area is 152 Å². The SMILES string of the molecule is C(=C1/CC[n+]2ccccc21)/c1ccc2ccc3cccc4ccc1c2c34. The molecule has 1 aliphatic heterocycles. The fourth-order valence-corrected chi connectivity index (χ4v) is 4.55. The van der Waals surface area contributed by atoms with Gasteiger partial charge in [-0.05, 0) is 50.0 Å². The van der Waals surface area contributed by atoms with Crippen molar-refractivity contribution in [2.24, 2.45) is 0 Å². The number of aromatic nitrogens is 1. The second-order valence-corrected chi connectivity index (χ2v) is 7.21. The highest BCUT2D eigenvalue weighted by Crippen LogP contribution is 2.37. The lowest BCUT2D eigenvalue weighted by Gasteiger charge is -2.12. The van der Waals surface area contributed by atoms with E-state index in [1.54, 1.807) is 0 Å². The van der Waals surface area contributed by atoms with Gasteiger partial charge in [0.15, 0.2) is 12.7 Å². The van der Waals surface area contributed by atoms with Gasteiger partial charge in [0.25, 0.3) is 0 Å². The first kappa shape index (κ1) is 14.0. The van der Waals surface area contributed by atoms with Crippen LogP contribution in [0.3, 0.4) is 0 Å². The summed E-state index contributed by atoms with van der Waals surface area (Å²) >= 11 is 0. The quantitative estimate of drug-likeness (QED) is 0.269. The van der Waals surface area contributed by atoms with Gasteiger partial charge in [0.1, 0.15) is 0 Å². The maximum atomic E-state index is 2.39. The molecule has 0 bridgehead atoms. The molecular weight excluding hydrogens is 314 g/mol. The van der Waals surface area contributed by atoms with Crippen LogP contribution in [0.4, 0.5) is 0 Å². The highest BCUT2D eigenvalue weighted by atomic mass is 15.0. The van der Waals surface area contributed by atoms with E-state index in [1.165, 1.54) is 49.1 Å². The molecule has 0 saturated heterocycles. The van der Waals surface area contributed by atoms with E-state index in [0.29, 0.717) is 0 Å². The van der Waals surface area contributed by atoms with Crippen LogP contribution in [0.25, 0.3) is 44.0 Å². The van der Waals surface area contributed by atoms with Gasteiger partial charge in [0.05, 0.1) is 0 Å². The van der Waals surface area contributed by atoms with E-state index < -0.39 is 0 Å². The lowest BCUT2D eigenvalue weighted by atomic mass is 9.91. The Hall–Kier alpha value is -3.19. The van der Waals surface area contributed by atoms with E-state index in [9.17, 15) is 0 Å². The first-order valence-corrected chi connectivity index (χ1v) is 9.24. The van der Waals surface area contributed by atoms with Crippen LogP contribution >= 0.6 is 0 Å².